The van der Waals surface area contributed by atoms with Crippen molar-refractivity contribution in [2.75, 3.05) is 25.0 Å². The molecule has 0 bridgehead atoms. The topological polar surface area (TPSA) is 76.6 Å². The van der Waals surface area contributed by atoms with Crippen molar-refractivity contribution in [3.8, 4) is 0 Å². The predicted molar refractivity (Wildman–Crippen MR) is 96.6 cm³/mol. The predicted octanol–water partition coefficient (Wildman–Crippen LogP) is 1.23. The summed E-state index contributed by atoms with van der Waals surface area (Å²) in [5, 5.41) is 3.65. The van der Waals surface area contributed by atoms with Gasteiger partial charge in [-0.05, 0) is 37.7 Å². The summed E-state index contributed by atoms with van der Waals surface area (Å²) in [7, 11) is 0. The van der Waals surface area contributed by atoms with Gasteiger partial charge in [0.1, 0.15) is 5.00 Å². The maximum Gasteiger partial charge on any atom is 0.280 e. The van der Waals surface area contributed by atoms with Crippen LogP contribution < -0.4 is 16.0 Å². The first kappa shape index (κ1) is 17.4. The molecule has 24 heavy (non-hydrogen) atoms. The van der Waals surface area contributed by atoms with Crippen LogP contribution in [-0.2, 0) is 17.6 Å². The van der Waals surface area contributed by atoms with Crippen molar-refractivity contribution in [1.82, 2.24) is 0 Å². The van der Waals surface area contributed by atoms with Crippen LogP contribution in [-0.4, -0.2) is 31.4 Å². The highest BCUT2D eigenvalue weighted by atomic mass is 32.1. The number of fused-ring (bicyclic) bond motifs is 1. The highest BCUT2D eigenvalue weighted by Gasteiger charge is 2.29. The Morgan fingerprint density at radius 3 is 2.54 bits per heavy atom. The van der Waals surface area contributed by atoms with Gasteiger partial charge in [-0.25, -0.2) is 0 Å². The molecule has 1 fully saturated rings. The van der Waals surface area contributed by atoms with Gasteiger partial charge in [-0.15, -0.1) is 11.3 Å². The maximum atomic E-state index is 12.5. The average molecular weight is 351 g/mol. The van der Waals surface area contributed by atoms with E-state index in [-0.39, 0.29) is 5.91 Å². The molecule has 0 radical (unpaired) electrons. The number of thiophene rings is 1. The summed E-state index contributed by atoms with van der Waals surface area (Å²) < 4.78 is 0. The lowest BCUT2D eigenvalue weighted by Gasteiger charge is -2.31. The van der Waals surface area contributed by atoms with Crippen molar-refractivity contribution >= 4 is 28.2 Å². The molecule has 1 saturated heterocycles. The van der Waals surface area contributed by atoms with Gasteiger partial charge in [0.2, 0.25) is 0 Å². The summed E-state index contributed by atoms with van der Waals surface area (Å²) >= 11 is 1.54. The summed E-state index contributed by atoms with van der Waals surface area (Å²) in [6.07, 6.45) is 5.36. The second-order valence-electron chi connectivity index (χ2n) is 7.61. The summed E-state index contributed by atoms with van der Waals surface area (Å²) in [6.45, 7) is 7.07. The SMILES string of the molecule is C[C@H]1C[C@H](C)C[NH+](CC(=O)Nc2sc3c(c2C(N)=O)CCCC3)C1. The minimum Gasteiger partial charge on any atom is -0.365 e. The van der Waals surface area contributed by atoms with E-state index in [0.29, 0.717) is 28.9 Å². The van der Waals surface area contributed by atoms with Crippen LogP contribution in [0.1, 0.15) is 53.9 Å². The minimum absolute atomic E-state index is 0.00704. The van der Waals surface area contributed by atoms with Crippen molar-refractivity contribution in [2.24, 2.45) is 17.6 Å². The molecule has 5 nitrogen and oxygen atoms in total. The molecule has 1 aromatic heterocycles. The van der Waals surface area contributed by atoms with Gasteiger partial charge in [0, 0.05) is 16.7 Å². The van der Waals surface area contributed by atoms with Crippen molar-refractivity contribution in [3.05, 3.63) is 16.0 Å². The number of quaternary nitrogens is 1. The Balaban J connectivity index is 1.70. The molecule has 2 amide bonds. The molecule has 2 aliphatic rings. The molecule has 1 aliphatic heterocycles. The average Bonchev–Trinajstić information content (AvgIpc) is 2.83. The number of likely N-dealkylation sites (tertiary alicyclic amines) is 1. The Morgan fingerprint density at radius 1 is 1.21 bits per heavy atom. The van der Waals surface area contributed by atoms with Gasteiger partial charge in [0.05, 0.1) is 18.7 Å². The zero-order valence-corrected chi connectivity index (χ0v) is 15.4. The van der Waals surface area contributed by atoms with Gasteiger partial charge < -0.3 is 16.0 Å². The summed E-state index contributed by atoms with van der Waals surface area (Å²) in [5.74, 6) is 0.892. The molecule has 2 atom stereocenters. The Morgan fingerprint density at radius 2 is 1.88 bits per heavy atom. The van der Waals surface area contributed by atoms with Crippen LogP contribution in [0.5, 0.6) is 0 Å². The molecule has 0 unspecified atom stereocenters. The van der Waals surface area contributed by atoms with Gasteiger partial charge in [-0.3, -0.25) is 9.59 Å². The number of nitrogens with two attached hydrogens (primary N) is 1. The van der Waals surface area contributed by atoms with Crippen molar-refractivity contribution in [3.63, 3.8) is 0 Å². The largest absolute Gasteiger partial charge is 0.365 e. The zero-order chi connectivity index (χ0) is 17.3. The lowest BCUT2D eigenvalue weighted by atomic mass is 9.92. The summed E-state index contributed by atoms with van der Waals surface area (Å²) in [4.78, 5) is 26.9. The van der Waals surface area contributed by atoms with Gasteiger partial charge in [0.15, 0.2) is 6.54 Å². The number of amides is 2. The highest BCUT2D eigenvalue weighted by molar-refractivity contribution is 7.17. The second kappa shape index (κ2) is 7.23. The third-order valence-corrected chi connectivity index (χ3v) is 6.37. The Hall–Kier alpha value is -1.40. The van der Waals surface area contributed by atoms with E-state index in [4.69, 9.17) is 5.73 Å². The first-order valence-electron chi connectivity index (χ1n) is 9.01. The van der Waals surface area contributed by atoms with Crippen LogP contribution in [0, 0.1) is 11.8 Å². The molecule has 1 aliphatic carbocycles. The Kier molecular flexibility index (Phi) is 5.25. The quantitative estimate of drug-likeness (QED) is 0.764. The van der Waals surface area contributed by atoms with Gasteiger partial charge in [-0.2, -0.15) is 0 Å². The number of anilines is 1. The van der Waals surface area contributed by atoms with E-state index in [2.05, 4.69) is 19.2 Å². The molecule has 0 aromatic carbocycles. The van der Waals surface area contributed by atoms with Crippen molar-refractivity contribution in [2.45, 2.75) is 46.0 Å². The maximum absolute atomic E-state index is 12.5. The third-order valence-electron chi connectivity index (χ3n) is 5.16. The molecule has 132 valence electrons. The fourth-order valence-electron chi connectivity index (χ4n) is 4.38. The molecule has 2 heterocycles. The van der Waals surface area contributed by atoms with Crippen LogP contribution >= 0.6 is 11.3 Å². The van der Waals surface area contributed by atoms with Gasteiger partial charge in [0.25, 0.3) is 11.8 Å². The number of aryl methyl sites for hydroxylation is 1. The smallest absolute Gasteiger partial charge is 0.280 e. The lowest BCUT2D eigenvalue weighted by Crippen LogP contribution is -3.15. The number of primary amides is 1. The monoisotopic (exact) mass is 350 g/mol. The second-order valence-corrected chi connectivity index (χ2v) is 8.71. The van der Waals surface area contributed by atoms with E-state index in [9.17, 15) is 9.59 Å². The summed E-state index contributed by atoms with van der Waals surface area (Å²) in [6, 6.07) is 0. The first-order chi connectivity index (χ1) is 11.4. The molecule has 1 aromatic rings. The van der Waals surface area contributed by atoms with Crippen LogP contribution in [0.25, 0.3) is 0 Å². The zero-order valence-electron chi connectivity index (χ0n) is 14.6. The van der Waals surface area contributed by atoms with Crippen molar-refractivity contribution < 1.29 is 14.5 Å². The number of rotatable bonds is 4. The molecule has 3 rings (SSSR count). The van der Waals surface area contributed by atoms with Crippen molar-refractivity contribution in [1.29, 1.82) is 0 Å². The van der Waals surface area contributed by atoms with Crippen LogP contribution in [0.15, 0.2) is 0 Å². The lowest BCUT2D eigenvalue weighted by molar-refractivity contribution is -0.904. The number of piperidine rings is 1. The Bertz CT molecular complexity index is 630. The fourth-order valence-corrected chi connectivity index (χ4v) is 5.69. The minimum atomic E-state index is -0.419. The normalized spacial score (nSPS) is 26.7. The van der Waals surface area contributed by atoms with E-state index >= 15 is 0 Å². The summed E-state index contributed by atoms with van der Waals surface area (Å²) in [5.41, 5.74) is 7.22. The number of carbonyl (C=O) groups is 2. The first-order valence-corrected chi connectivity index (χ1v) is 9.83. The van der Waals surface area contributed by atoms with E-state index in [1.807, 2.05) is 0 Å². The fraction of sp³-hybridized carbons (Fsp3) is 0.667. The number of hydrogen-bond donors (Lipinski definition) is 3. The van der Waals surface area contributed by atoms with Crippen LogP contribution in [0.2, 0.25) is 0 Å². The van der Waals surface area contributed by atoms with E-state index < -0.39 is 5.91 Å². The third kappa shape index (κ3) is 3.81. The molecular formula is C18H28N3O2S+. The van der Waals surface area contributed by atoms with E-state index in [1.54, 1.807) is 0 Å². The van der Waals surface area contributed by atoms with Gasteiger partial charge in [-0.1, -0.05) is 13.8 Å². The highest BCUT2D eigenvalue weighted by Crippen LogP contribution is 2.37. The molecule has 0 spiro atoms. The van der Waals surface area contributed by atoms with Gasteiger partial charge >= 0.3 is 0 Å². The molecule has 4 N–H and O–H groups in total. The van der Waals surface area contributed by atoms with Crippen LogP contribution in [0.3, 0.4) is 0 Å². The Labute approximate surface area is 147 Å². The van der Waals surface area contributed by atoms with E-state index in [1.165, 1.54) is 27.5 Å². The van der Waals surface area contributed by atoms with Crippen LogP contribution in [0.4, 0.5) is 5.00 Å². The molecular weight excluding hydrogens is 322 g/mol. The molecule has 0 saturated carbocycles. The number of nitrogens with one attached hydrogen (secondary N) is 2. The molecule has 6 heteroatoms. The number of hydrogen-bond acceptors (Lipinski definition) is 3. The standard InChI is InChI=1S/C18H27N3O2S/c1-11-7-12(2)9-21(8-11)10-15(22)20-18-16(17(19)23)13-5-3-4-6-14(13)24-18/h11-12H,3-10H2,1-2H3,(H2,19,23)(H,20,22)/p+1/t11-,12-/m0/s1. The van der Waals surface area contributed by atoms with E-state index in [0.717, 1.165) is 44.3 Å². The number of carbonyl (C=O) groups excluding carboxylic acids is 2.